The lowest BCUT2D eigenvalue weighted by molar-refractivity contribution is -0.122. The van der Waals surface area contributed by atoms with Gasteiger partial charge in [-0.2, -0.15) is 0 Å². The number of nitrogen functional groups attached to an aromatic ring is 1. The van der Waals surface area contributed by atoms with Gasteiger partial charge in [-0.05, 0) is 43.9 Å². The van der Waals surface area contributed by atoms with Crippen LogP contribution in [0, 0.1) is 6.92 Å². The number of carbonyl (C=O) groups is 1. The van der Waals surface area contributed by atoms with Gasteiger partial charge < -0.3 is 20.5 Å². The van der Waals surface area contributed by atoms with Crippen molar-refractivity contribution < 1.29 is 14.3 Å². The summed E-state index contributed by atoms with van der Waals surface area (Å²) in [5, 5.41) is 2.75. The van der Waals surface area contributed by atoms with E-state index in [0.717, 1.165) is 25.0 Å². The summed E-state index contributed by atoms with van der Waals surface area (Å²) in [4.78, 5) is 11.8. The van der Waals surface area contributed by atoms with Gasteiger partial charge in [0.1, 0.15) is 6.61 Å². The Morgan fingerprint density at radius 3 is 3.05 bits per heavy atom. The van der Waals surface area contributed by atoms with E-state index in [1.165, 1.54) is 6.42 Å². The van der Waals surface area contributed by atoms with Gasteiger partial charge in [-0.1, -0.05) is 6.07 Å². The van der Waals surface area contributed by atoms with Gasteiger partial charge in [0.15, 0.2) is 0 Å². The lowest BCUT2D eigenvalue weighted by Crippen LogP contribution is -2.27. The smallest absolute Gasteiger partial charge is 0.250 e. The zero-order valence-corrected chi connectivity index (χ0v) is 11.9. The standard InChI is InChI=1S/C15H22N2O3/c1-11-5-6-14(13(16)8-11)17-15(18)10-19-9-12-4-2-3-7-20-12/h5-6,8,12H,2-4,7,9-10,16H2,1H3,(H,17,18). The van der Waals surface area contributed by atoms with Crippen molar-refractivity contribution in [2.45, 2.75) is 32.3 Å². The SMILES string of the molecule is Cc1ccc(NC(=O)COCC2CCCCO2)c(N)c1. The molecule has 1 aromatic rings. The first-order chi connectivity index (χ1) is 9.65. The third-order valence-corrected chi connectivity index (χ3v) is 3.29. The van der Waals surface area contributed by atoms with E-state index in [1.807, 2.05) is 19.1 Å². The van der Waals surface area contributed by atoms with Crippen molar-refractivity contribution in [3.63, 3.8) is 0 Å². The Labute approximate surface area is 119 Å². The molecule has 0 aromatic heterocycles. The normalized spacial score (nSPS) is 18.8. The molecule has 3 N–H and O–H groups in total. The summed E-state index contributed by atoms with van der Waals surface area (Å²) in [5.41, 5.74) is 8.09. The number of hydrogen-bond donors (Lipinski definition) is 2. The highest BCUT2D eigenvalue weighted by molar-refractivity contribution is 5.94. The van der Waals surface area contributed by atoms with Gasteiger partial charge >= 0.3 is 0 Å². The van der Waals surface area contributed by atoms with Crippen LogP contribution < -0.4 is 11.1 Å². The average molecular weight is 278 g/mol. The molecule has 1 saturated heterocycles. The van der Waals surface area contributed by atoms with Crippen LogP contribution in [0.15, 0.2) is 18.2 Å². The van der Waals surface area contributed by atoms with Crippen molar-refractivity contribution in [1.82, 2.24) is 0 Å². The highest BCUT2D eigenvalue weighted by atomic mass is 16.5. The van der Waals surface area contributed by atoms with Gasteiger partial charge in [0.25, 0.3) is 0 Å². The molecule has 1 aliphatic heterocycles. The quantitative estimate of drug-likeness (QED) is 0.809. The van der Waals surface area contributed by atoms with E-state index in [4.69, 9.17) is 15.2 Å². The van der Waals surface area contributed by atoms with Crippen molar-refractivity contribution in [2.75, 3.05) is 30.9 Å². The second-order valence-corrected chi connectivity index (χ2v) is 5.14. The largest absolute Gasteiger partial charge is 0.397 e. The molecule has 1 amide bonds. The molecule has 0 saturated carbocycles. The topological polar surface area (TPSA) is 73.6 Å². The van der Waals surface area contributed by atoms with Crippen LogP contribution in [0.2, 0.25) is 0 Å². The molecule has 0 radical (unpaired) electrons. The van der Waals surface area contributed by atoms with Crippen molar-refractivity contribution >= 4 is 17.3 Å². The second kappa shape index (κ2) is 7.26. The minimum Gasteiger partial charge on any atom is -0.397 e. The monoisotopic (exact) mass is 278 g/mol. The van der Waals surface area contributed by atoms with Gasteiger partial charge in [0, 0.05) is 6.61 Å². The van der Waals surface area contributed by atoms with Gasteiger partial charge in [-0.15, -0.1) is 0 Å². The molecule has 0 spiro atoms. The molecule has 110 valence electrons. The molecule has 1 fully saturated rings. The first-order valence-electron chi connectivity index (χ1n) is 7.00. The summed E-state index contributed by atoms with van der Waals surface area (Å²) in [6.45, 7) is 3.24. The van der Waals surface area contributed by atoms with Gasteiger partial charge in [0.2, 0.25) is 5.91 Å². The first kappa shape index (κ1) is 14.8. The lowest BCUT2D eigenvalue weighted by Gasteiger charge is -2.22. The molecule has 2 rings (SSSR count). The fourth-order valence-corrected chi connectivity index (χ4v) is 2.20. The molecule has 1 aromatic carbocycles. The number of benzene rings is 1. The molecule has 0 bridgehead atoms. The van der Waals surface area contributed by atoms with Crippen molar-refractivity contribution in [3.05, 3.63) is 23.8 Å². The molecule has 20 heavy (non-hydrogen) atoms. The minimum absolute atomic E-state index is 0.0210. The van der Waals surface area contributed by atoms with E-state index < -0.39 is 0 Å². The molecule has 1 atom stereocenters. The Balaban J connectivity index is 1.72. The molecule has 0 aliphatic carbocycles. The number of nitrogens with one attached hydrogen (secondary N) is 1. The van der Waals surface area contributed by atoms with Crippen LogP contribution in [0.3, 0.4) is 0 Å². The van der Waals surface area contributed by atoms with E-state index in [-0.39, 0.29) is 18.6 Å². The van der Waals surface area contributed by atoms with Crippen molar-refractivity contribution in [1.29, 1.82) is 0 Å². The zero-order valence-electron chi connectivity index (χ0n) is 11.9. The average Bonchev–Trinajstić information content (AvgIpc) is 2.43. The third kappa shape index (κ3) is 4.51. The predicted octanol–water partition coefficient (Wildman–Crippen LogP) is 2.10. The van der Waals surface area contributed by atoms with Gasteiger partial charge in [-0.3, -0.25) is 4.79 Å². The number of hydrogen-bond acceptors (Lipinski definition) is 4. The number of aryl methyl sites for hydroxylation is 1. The summed E-state index contributed by atoms with van der Waals surface area (Å²) in [6, 6.07) is 5.53. The molecule has 5 heteroatoms. The maximum absolute atomic E-state index is 11.8. The maximum Gasteiger partial charge on any atom is 0.250 e. The van der Waals surface area contributed by atoms with Crippen molar-refractivity contribution in [3.8, 4) is 0 Å². The van der Waals surface area contributed by atoms with Crippen molar-refractivity contribution in [2.24, 2.45) is 0 Å². The Morgan fingerprint density at radius 1 is 1.50 bits per heavy atom. The Bertz CT molecular complexity index is 456. The summed E-state index contributed by atoms with van der Waals surface area (Å²) < 4.78 is 10.9. The summed E-state index contributed by atoms with van der Waals surface area (Å²) in [6.07, 6.45) is 3.41. The number of anilines is 2. The lowest BCUT2D eigenvalue weighted by atomic mass is 10.1. The fraction of sp³-hybridized carbons (Fsp3) is 0.533. The third-order valence-electron chi connectivity index (χ3n) is 3.29. The Hall–Kier alpha value is -1.59. The molecule has 1 unspecified atom stereocenters. The summed E-state index contributed by atoms with van der Waals surface area (Å²) >= 11 is 0. The molecule has 5 nitrogen and oxygen atoms in total. The Kier molecular flexibility index (Phi) is 5.38. The number of nitrogens with two attached hydrogens (primary N) is 1. The molecule has 1 heterocycles. The zero-order chi connectivity index (χ0) is 14.4. The number of ether oxygens (including phenoxy) is 2. The predicted molar refractivity (Wildman–Crippen MR) is 78.6 cm³/mol. The summed E-state index contributed by atoms with van der Waals surface area (Å²) in [7, 11) is 0. The van der Waals surface area contributed by atoms with E-state index in [9.17, 15) is 4.79 Å². The Morgan fingerprint density at radius 2 is 2.35 bits per heavy atom. The fourth-order valence-electron chi connectivity index (χ4n) is 2.20. The molecular weight excluding hydrogens is 256 g/mol. The molecular formula is C15H22N2O3. The highest BCUT2D eigenvalue weighted by Crippen LogP contribution is 2.19. The minimum atomic E-state index is -0.198. The van der Waals surface area contributed by atoms with Crippen LogP contribution >= 0.6 is 0 Å². The van der Waals surface area contributed by atoms with E-state index >= 15 is 0 Å². The van der Waals surface area contributed by atoms with E-state index in [2.05, 4.69) is 5.32 Å². The summed E-state index contributed by atoms with van der Waals surface area (Å²) in [5.74, 6) is -0.198. The maximum atomic E-state index is 11.8. The van der Waals surface area contributed by atoms with Crippen LogP contribution in [0.5, 0.6) is 0 Å². The molecule has 1 aliphatic rings. The number of carbonyl (C=O) groups excluding carboxylic acids is 1. The number of rotatable bonds is 5. The van der Waals surface area contributed by atoms with Gasteiger partial charge in [0.05, 0.1) is 24.1 Å². The second-order valence-electron chi connectivity index (χ2n) is 5.14. The van der Waals surface area contributed by atoms with Crippen LogP contribution in [0.4, 0.5) is 11.4 Å². The van der Waals surface area contributed by atoms with Crippen LogP contribution in [-0.2, 0) is 14.3 Å². The van der Waals surface area contributed by atoms with Crippen LogP contribution in [0.1, 0.15) is 24.8 Å². The number of amides is 1. The highest BCUT2D eigenvalue weighted by Gasteiger charge is 2.14. The van der Waals surface area contributed by atoms with Crippen LogP contribution in [0.25, 0.3) is 0 Å². The van der Waals surface area contributed by atoms with E-state index in [0.29, 0.717) is 18.0 Å². The first-order valence-corrected chi connectivity index (χ1v) is 7.00. The van der Waals surface area contributed by atoms with Gasteiger partial charge in [-0.25, -0.2) is 0 Å². The van der Waals surface area contributed by atoms with E-state index in [1.54, 1.807) is 6.07 Å². The van der Waals surface area contributed by atoms with Crippen LogP contribution in [-0.4, -0.2) is 31.8 Å².